The summed E-state index contributed by atoms with van der Waals surface area (Å²) in [5.41, 5.74) is 5.92. The molecule has 0 aromatic rings. The van der Waals surface area contributed by atoms with Crippen LogP contribution in [0.25, 0.3) is 0 Å². The molecule has 0 amide bonds. The van der Waals surface area contributed by atoms with E-state index in [1.54, 1.807) is 0 Å². The normalized spacial score (nSPS) is 32.5. The molecule has 3 nitrogen and oxygen atoms in total. The van der Waals surface area contributed by atoms with Gasteiger partial charge in [0, 0.05) is 12.0 Å². The topological polar surface area (TPSA) is 36.3 Å². The maximum atomic E-state index is 9.27. The van der Waals surface area contributed by atoms with Gasteiger partial charge in [0.2, 0.25) is 0 Å². The third-order valence-corrected chi connectivity index (χ3v) is 14.5. The fraction of sp³-hybridized carbons (Fsp3) is 0.800. The molecule has 4 heteroatoms. The summed E-state index contributed by atoms with van der Waals surface area (Å²) in [7, 11) is -1.68. The summed E-state index contributed by atoms with van der Waals surface area (Å²) in [4.78, 5) is 6.46. The molecule has 0 unspecified atom stereocenters. The predicted molar refractivity (Wildman–Crippen MR) is 123 cm³/mol. The lowest BCUT2D eigenvalue weighted by molar-refractivity contribution is -0.220. The van der Waals surface area contributed by atoms with Crippen LogP contribution in [0.2, 0.25) is 16.6 Å². The van der Waals surface area contributed by atoms with Crippen LogP contribution in [0.15, 0.2) is 12.2 Å². The van der Waals surface area contributed by atoms with Gasteiger partial charge < -0.3 is 0 Å². The van der Waals surface area contributed by atoms with E-state index in [0.717, 1.165) is 12.8 Å². The molecule has 3 rings (SSSR count). The molecular weight excluding hydrogens is 372 g/mol. The van der Waals surface area contributed by atoms with Crippen molar-refractivity contribution >= 4 is 8.07 Å². The van der Waals surface area contributed by atoms with Crippen LogP contribution in [0, 0.1) is 28.7 Å². The Bertz CT molecular complexity index is 685. The molecule has 0 aromatic heterocycles. The molecule has 29 heavy (non-hydrogen) atoms. The zero-order chi connectivity index (χ0) is 21.2. The third kappa shape index (κ3) is 3.85. The number of hydrogen-bond donors (Lipinski definition) is 0. The Morgan fingerprint density at radius 3 is 2.28 bits per heavy atom. The molecule has 0 aromatic carbocycles. The van der Waals surface area contributed by atoms with Gasteiger partial charge in [0.15, 0.2) is 0 Å². The quantitative estimate of drug-likeness (QED) is 0.388. The minimum Gasteiger partial charge on any atom is -0.294 e. The molecule has 4 atom stereocenters. The minimum atomic E-state index is -1.68. The van der Waals surface area contributed by atoms with Crippen LogP contribution in [-0.4, -0.2) is 30.8 Å². The molecule has 2 bridgehead atoms. The second-order valence-corrected chi connectivity index (χ2v) is 16.0. The van der Waals surface area contributed by atoms with Gasteiger partial charge in [-0.15, -0.1) is 5.54 Å². The lowest BCUT2D eigenvalue weighted by Gasteiger charge is -2.47. The Balaban J connectivity index is 1.85. The molecule has 3 aliphatic rings. The number of hydrogen-bond acceptors (Lipinski definition) is 3. The highest BCUT2D eigenvalue weighted by molar-refractivity contribution is 6.90. The smallest absolute Gasteiger partial charge is 0.146 e. The number of nitriles is 1. The van der Waals surface area contributed by atoms with Crippen LogP contribution in [0.5, 0.6) is 0 Å². The van der Waals surface area contributed by atoms with Crippen molar-refractivity contribution in [3.8, 4) is 17.5 Å². The number of fused-ring (bicyclic) bond motifs is 1. The van der Waals surface area contributed by atoms with Crippen molar-refractivity contribution in [2.45, 2.75) is 121 Å². The lowest BCUT2D eigenvalue weighted by atomic mass is 9.67. The molecule has 2 aliphatic heterocycles. The van der Waals surface area contributed by atoms with Gasteiger partial charge in [-0.2, -0.15) is 10.3 Å². The zero-order valence-corrected chi connectivity index (χ0v) is 20.4. The van der Waals surface area contributed by atoms with Gasteiger partial charge in [-0.3, -0.25) is 4.84 Å². The maximum Gasteiger partial charge on any atom is 0.146 e. The summed E-state index contributed by atoms with van der Waals surface area (Å²) >= 11 is 0. The number of rotatable bonds is 5. The summed E-state index contributed by atoms with van der Waals surface area (Å²) in [6, 6.07) is 2.65. The SMILES string of the molecule is CC(C)[Si](C#C/C=C\[C@@H]1[C@@H]2CCC[C@]13CCC[C@@H](CC#N)N3O2)(C(C)C)C(C)C. The van der Waals surface area contributed by atoms with E-state index in [2.05, 4.69) is 76.3 Å². The van der Waals surface area contributed by atoms with Gasteiger partial charge >= 0.3 is 0 Å². The Hall–Kier alpha value is -1.07. The molecule has 0 N–H and O–H groups in total. The van der Waals surface area contributed by atoms with Crippen molar-refractivity contribution in [3.63, 3.8) is 0 Å². The first-order valence-electron chi connectivity index (χ1n) is 11.8. The standard InChI is InChI=1S/C25H40N2OSi/c1-19(2)29(20(3)4,21(5)6)18-8-7-12-23-24-13-10-16-25(23)15-9-11-22(14-17-26)27(25)28-24/h7,12,19-24H,9-11,13-16H2,1-6H3/b12-7-/t22-,23+,24-,25+/m0/s1. The number of hydroxylamine groups is 2. The van der Waals surface area contributed by atoms with Crippen molar-refractivity contribution in [2.24, 2.45) is 5.92 Å². The Morgan fingerprint density at radius 2 is 1.69 bits per heavy atom. The Morgan fingerprint density at radius 1 is 1.07 bits per heavy atom. The second-order valence-electron chi connectivity index (χ2n) is 10.4. The van der Waals surface area contributed by atoms with Crippen molar-refractivity contribution in [1.82, 2.24) is 5.06 Å². The molecule has 2 heterocycles. The van der Waals surface area contributed by atoms with Crippen molar-refractivity contribution in [3.05, 3.63) is 12.2 Å². The fourth-order valence-corrected chi connectivity index (χ4v) is 12.1. The average Bonchev–Trinajstić information content (AvgIpc) is 2.82. The summed E-state index contributed by atoms with van der Waals surface area (Å²) < 4.78 is 0. The van der Waals surface area contributed by atoms with E-state index in [0.29, 0.717) is 29.0 Å². The molecule has 3 fully saturated rings. The highest BCUT2D eigenvalue weighted by Crippen LogP contribution is 2.53. The highest BCUT2D eigenvalue weighted by atomic mass is 28.3. The lowest BCUT2D eigenvalue weighted by Crippen LogP contribution is -2.55. The first-order valence-corrected chi connectivity index (χ1v) is 14.0. The van der Waals surface area contributed by atoms with Gasteiger partial charge in [-0.05, 0) is 61.2 Å². The summed E-state index contributed by atoms with van der Waals surface area (Å²) in [5, 5.41) is 11.5. The number of piperidine rings is 1. The molecule has 160 valence electrons. The Kier molecular flexibility index (Phi) is 6.99. The summed E-state index contributed by atoms with van der Waals surface area (Å²) in [6.07, 6.45) is 12.4. The summed E-state index contributed by atoms with van der Waals surface area (Å²) in [6.45, 7) is 14.2. The van der Waals surface area contributed by atoms with E-state index in [4.69, 9.17) is 4.84 Å². The van der Waals surface area contributed by atoms with Crippen LogP contribution in [-0.2, 0) is 4.84 Å². The Labute approximate surface area is 179 Å². The molecular formula is C25H40N2OSi. The molecule has 1 spiro atoms. The molecule has 0 radical (unpaired) electrons. The van der Waals surface area contributed by atoms with Crippen LogP contribution < -0.4 is 0 Å². The van der Waals surface area contributed by atoms with Crippen LogP contribution in [0.3, 0.4) is 0 Å². The van der Waals surface area contributed by atoms with E-state index < -0.39 is 8.07 Å². The fourth-order valence-electron chi connectivity index (χ4n) is 6.89. The van der Waals surface area contributed by atoms with E-state index in [-0.39, 0.29) is 17.7 Å². The number of nitrogens with zero attached hydrogens (tertiary/aromatic N) is 2. The highest BCUT2D eigenvalue weighted by Gasteiger charge is 2.59. The van der Waals surface area contributed by atoms with Crippen LogP contribution >= 0.6 is 0 Å². The summed E-state index contributed by atoms with van der Waals surface area (Å²) in [5.74, 6) is 3.94. The van der Waals surface area contributed by atoms with Gasteiger partial charge in [-0.1, -0.05) is 53.5 Å². The van der Waals surface area contributed by atoms with Crippen LogP contribution in [0.4, 0.5) is 0 Å². The van der Waals surface area contributed by atoms with Gasteiger partial charge in [-0.25, -0.2) is 0 Å². The average molecular weight is 413 g/mol. The monoisotopic (exact) mass is 412 g/mol. The zero-order valence-electron chi connectivity index (χ0n) is 19.4. The van der Waals surface area contributed by atoms with E-state index in [1.807, 2.05) is 0 Å². The number of allylic oxidation sites excluding steroid dienone is 1. The maximum absolute atomic E-state index is 9.27. The second kappa shape index (κ2) is 8.97. The van der Waals surface area contributed by atoms with E-state index in [9.17, 15) is 5.26 Å². The van der Waals surface area contributed by atoms with E-state index >= 15 is 0 Å². The van der Waals surface area contributed by atoms with Gasteiger partial charge in [0.25, 0.3) is 0 Å². The largest absolute Gasteiger partial charge is 0.294 e. The van der Waals surface area contributed by atoms with Crippen molar-refractivity contribution in [2.75, 3.05) is 0 Å². The third-order valence-electron chi connectivity index (χ3n) is 8.15. The minimum absolute atomic E-state index is 0.101. The first-order chi connectivity index (χ1) is 13.8. The van der Waals surface area contributed by atoms with Crippen molar-refractivity contribution < 1.29 is 4.84 Å². The van der Waals surface area contributed by atoms with Gasteiger partial charge in [0.05, 0.1) is 24.1 Å². The van der Waals surface area contributed by atoms with Crippen molar-refractivity contribution in [1.29, 1.82) is 5.26 Å². The predicted octanol–water partition coefficient (Wildman–Crippen LogP) is 6.38. The molecule has 2 saturated heterocycles. The first kappa shape index (κ1) is 22.6. The van der Waals surface area contributed by atoms with Crippen LogP contribution in [0.1, 0.15) is 86.5 Å². The molecule has 1 aliphatic carbocycles. The molecule has 1 saturated carbocycles. The van der Waals surface area contributed by atoms with E-state index in [1.165, 1.54) is 25.7 Å². The van der Waals surface area contributed by atoms with Gasteiger partial charge in [0.1, 0.15) is 8.07 Å².